The third-order valence-corrected chi connectivity index (χ3v) is 5.15. The molecule has 1 nitrogen and oxygen atoms in total. The molecule has 2 fully saturated rings. The van der Waals surface area contributed by atoms with E-state index in [9.17, 15) is 0 Å². The van der Waals surface area contributed by atoms with Gasteiger partial charge >= 0.3 is 0 Å². The van der Waals surface area contributed by atoms with E-state index in [-0.39, 0.29) is 2.85 Å². The number of nitrogens with zero attached hydrogens (tertiary/aromatic N) is 1. The van der Waals surface area contributed by atoms with Crippen LogP contribution in [-0.2, 0) is 0 Å². The Bertz CT molecular complexity index is 390. The SMILES string of the molecule is Cc1ccc(C2CCC(N3CCCCC3)CC2)cc1.[HH].[HH]. The van der Waals surface area contributed by atoms with E-state index in [4.69, 9.17) is 0 Å². The molecule has 1 aliphatic heterocycles. The Balaban J connectivity index is 0.00000110. The molecule has 1 saturated carbocycles. The lowest BCUT2D eigenvalue weighted by Crippen LogP contribution is -2.41. The Morgan fingerprint density at radius 3 is 2.16 bits per heavy atom. The van der Waals surface area contributed by atoms with Gasteiger partial charge in [0.2, 0.25) is 0 Å². The Morgan fingerprint density at radius 1 is 0.895 bits per heavy atom. The van der Waals surface area contributed by atoms with Crippen molar-refractivity contribution >= 4 is 0 Å². The summed E-state index contributed by atoms with van der Waals surface area (Å²) in [5.41, 5.74) is 2.95. The normalized spacial score (nSPS) is 29.3. The zero-order valence-electron chi connectivity index (χ0n) is 12.3. The summed E-state index contributed by atoms with van der Waals surface area (Å²) in [6.45, 7) is 4.90. The number of hydrogen-bond acceptors (Lipinski definition) is 1. The molecule has 0 N–H and O–H groups in total. The van der Waals surface area contributed by atoms with Gasteiger partial charge in [-0.15, -0.1) is 0 Å². The van der Waals surface area contributed by atoms with Gasteiger partial charge in [-0.1, -0.05) is 36.2 Å². The van der Waals surface area contributed by atoms with Crippen LogP contribution in [0.2, 0.25) is 0 Å². The maximum atomic E-state index is 2.77. The van der Waals surface area contributed by atoms with Crippen molar-refractivity contribution in [2.24, 2.45) is 0 Å². The van der Waals surface area contributed by atoms with Crippen molar-refractivity contribution < 1.29 is 2.85 Å². The summed E-state index contributed by atoms with van der Waals surface area (Å²) in [4.78, 5) is 2.77. The minimum atomic E-state index is 0. The molecule has 1 aliphatic carbocycles. The predicted molar refractivity (Wildman–Crippen MR) is 85.8 cm³/mol. The maximum absolute atomic E-state index is 2.77. The lowest BCUT2D eigenvalue weighted by atomic mass is 9.80. The van der Waals surface area contributed by atoms with Crippen molar-refractivity contribution in [3.8, 4) is 0 Å². The van der Waals surface area contributed by atoms with Crippen molar-refractivity contribution in [3.05, 3.63) is 35.4 Å². The lowest BCUT2D eigenvalue weighted by molar-refractivity contribution is 0.125. The van der Waals surface area contributed by atoms with Gasteiger partial charge in [-0.05, 0) is 70.0 Å². The molecule has 1 heterocycles. The van der Waals surface area contributed by atoms with Crippen molar-refractivity contribution in [2.75, 3.05) is 13.1 Å². The summed E-state index contributed by atoms with van der Waals surface area (Å²) in [5.74, 6) is 0.821. The number of rotatable bonds is 2. The van der Waals surface area contributed by atoms with Gasteiger partial charge in [0, 0.05) is 8.90 Å². The Kier molecular flexibility index (Phi) is 4.22. The highest BCUT2D eigenvalue weighted by Crippen LogP contribution is 2.35. The first-order chi connectivity index (χ1) is 9.33. The van der Waals surface area contributed by atoms with Gasteiger partial charge in [0.15, 0.2) is 0 Å². The van der Waals surface area contributed by atoms with E-state index in [1.54, 1.807) is 5.56 Å². The largest absolute Gasteiger partial charge is 0.300 e. The number of piperidine rings is 1. The monoisotopic (exact) mass is 261 g/mol. The van der Waals surface area contributed by atoms with E-state index in [0.717, 1.165) is 12.0 Å². The van der Waals surface area contributed by atoms with Crippen molar-refractivity contribution in [1.29, 1.82) is 0 Å². The summed E-state index contributed by atoms with van der Waals surface area (Å²) in [7, 11) is 0. The van der Waals surface area contributed by atoms with Gasteiger partial charge < -0.3 is 4.90 Å². The highest BCUT2D eigenvalue weighted by molar-refractivity contribution is 5.24. The molecule has 1 aromatic rings. The minimum Gasteiger partial charge on any atom is -0.300 e. The summed E-state index contributed by atoms with van der Waals surface area (Å²) in [6.07, 6.45) is 9.93. The average Bonchev–Trinajstić information content (AvgIpc) is 2.49. The Labute approximate surface area is 121 Å². The van der Waals surface area contributed by atoms with Gasteiger partial charge in [0.1, 0.15) is 0 Å². The predicted octanol–water partition coefficient (Wildman–Crippen LogP) is 5.00. The highest BCUT2D eigenvalue weighted by Gasteiger charge is 2.27. The van der Waals surface area contributed by atoms with E-state index in [1.165, 1.54) is 63.6 Å². The van der Waals surface area contributed by atoms with E-state index in [0.29, 0.717) is 0 Å². The first-order valence-corrected chi connectivity index (χ1v) is 8.13. The van der Waals surface area contributed by atoms with Gasteiger partial charge in [-0.2, -0.15) is 0 Å². The topological polar surface area (TPSA) is 3.24 Å². The molecule has 0 aromatic heterocycles. The molecule has 2 aliphatic rings. The standard InChI is InChI=1S/C18H27N.2H2/c1-15-5-7-16(8-6-15)17-9-11-18(12-10-17)19-13-3-2-4-14-19;;/h5-8,17-18H,2-4,9-14H2,1H3;2*1H. The first kappa shape index (κ1) is 13.2. The van der Waals surface area contributed by atoms with Crippen LogP contribution in [0.15, 0.2) is 24.3 Å². The van der Waals surface area contributed by atoms with Crippen LogP contribution in [0.4, 0.5) is 0 Å². The van der Waals surface area contributed by atoms with E-state index in [1.807, 2.05) is 0 Å². The fraction of sp³-hybridized carbons (Fsp3) is 0.667. The zero-order chi connectivity index (χ0) is 13.1. The van der Waals surface area contributed by atoms with Crippen molar-refractivity contribution in [1.82, 2.24) is 4.90 Å². The molecule has 19 heavy (non-hydrogen) atoms. The second-order valence-corrected chi connectivity index (χ2v) is 6.51. The molecule has 1 saturated heterocycles. The van der Waals surface area contributed by atoms with Crippen LogP contribution in [0.5, 0.6) is 0 Å². The molecule has 108 valence electrons. The van der Waals surface area contributed by atoms with Crippen LogP contribution < -0.4 is 0 Å². The molecule has 1 heteroatoms. The third-order valence-electron chi connectivity index (χ3n) is 5.15. The Morgan fingerprint density at radius 2 is 1.53 bits per heavy atom. The number of benzene rings is 1. The van der Waals surface area contributed by atoms with Crippen LogP contribution >= 0.6 is 0 Å². The highest BCUT2D eigenvalue weighted by atomic mass is 15.2. The van der Waals surface area contributed by atoms with Crippen LogP contribution in [0.3, 0.4) is 0 Å². The maximum Gasteiger partial charge on any atom is 0.00956 e. The third kappa shape index (κ3) is 3.20. The van der Waals surface area contributed by atoms with Crippen molar-refractivity contribution in [3.63, 3.8) is 0 Å². The van der Waals surface area contributed by atoms with Gasteiger partial charge in [-0.3, -0.25) is 0 Å². The molecular weight excluding hydrogens is 230 g/mol. The summed E-state index contributed by atoms with van der Waals surface area (Å²) in [5, 5.41) is 0. The van der Waals surface area contributed by atoms with Crippen LogP contribution in [0.25, 0.3) is 0 Å². The molecule has 0 unspecified atom stereocenters. The minimum absolute atomic E-state index is 0. The van der Waals surface area contributed by atoms with Crippen LogP contribution in [-0.4, -0.2) is 24.0 Å². The fourth-order valence-corrected chi connectivity index (χ4v) is 3.90. The zero-order valence-corrected chi connectivity index (χ0v) is 12.3. The lowest BCUT2D eigenvalue weighted by Gasteiger charge is -2.39. The molecule has 0 atom stereocenters. The van der Waals surface area contributed by atoms with Gasteiger partial charge in [0.05, 0.1) is 0 Å². The second kappa shape index (κ2) is 6.09. The smallest absolute Gasteiger partial charge is 0.00956 e. The first-order valence-electron chi connectivity index (χ1n) is 8.13. The van der Waals surface area contributed by atoms with E-state index in [2.05, 4.69) is 36.1 Å². The molecule has 0 radical (unpaired) electrons. The number of hydrogen-bond donors (Lipinski definition) is 0. The summed E-state index contributed by atoms with van der Waals surface area (Å²) < 4.78 is 0. The molecule has 0 amide bonds. The van der Waals surface area contributed by atoms with Gasteiger partial charge in [0.25, 0.3) is 0 Å². The van der Waals surface area contributed by atoms with E-state index >= 15 is 0 Å². The Hall–Kier alpha value is -0.820. The molecule has 0 bridgehead atoms. The molecule has 1 aromatic carbocycles. The molecule has 3 rings (SSSR count). The number of likely N-dealkylation sites (tertiary alicyclic amines) is 1. The summed E-state index contributed by atoms with van der Waals surface area (Å²) >= 11 is 0. The number of aryl methyl sites for hydroxylation is 1. The average molecular weight is 261 g/mol. The quantitative estimate of drug-likeness (QED) is 0.724. The van der Waals surface area contributed by atoms with Crippen LogP contribution in [0.1, 0.15) is 64.8 Å². The fourth-order valence-electron chi connectivity index (χ4n) is 3.90. The second-order valence-electron chi connectivity index (χ2n) is 6.51. The van der Waals surface area contributed by atoms with Crippen molar-refractivity contribution in [2.45, 2.75) is 63.8 Å². The molecule has 0 spiro atoms. The van der Waals surface area contributed by atoms with E-state index < -0.39 is 0 Å². The summed E-state index contributed by atoms with van der Waals surface area (Å²) in [6, 6.07) is 10.1. The van der Waals surface area contributed by atoms with Gasteiger partial charge in [-0.25, -0.2) is 0 Å². The molecular formula is C18H31N. The van der Waals surface area contributed by atoms with Crippen LogP contribution in [0, 0.1) is 6.92 Å².